The first-order chi connectivity index (χ1) is 8.11. The summed E-state index contributed by atoms with van der Waals surface area (Å²) in [7, 11) is 0. The fourth-order valence-corrected chi connectivity index (χ4v) is 1.41. The van der Waals surface area contributed by atoms with Crippen LogP contribution in [-0.2, 0) is 4.79 Å². The van der Waals surface area contributed by atoms with Crippen LogP contribution >= 0.6 is 0 Å². The summed E-state index contributed by atoms with van der Waals surface area (Å²) in [6.07, 6.45) is 1.09. The Morgan fingerprint density at radius 1 is 1.35 bits per heavy atom. The van der Waals surface area contributed by atoms with E-state index in [9.17, 15) is 4.79 Å². The van der Waals surface area contributed by atoms with Gasteiger partial charge < -0.3 is 16.4 Å². The van der Waals surface area contributed by atoms with E-state index in [1.165, 1.54) is 0 Å². The van der Waals surface area contributed by atoms with Gasteiger partial charge in [-0.1, -0.05) is 0 Å². The van der Waals surface area contributed by atoms with Gasteiger partial charge in [0.1, 0.15) is 17.5 Å². The highest BCUT2D eigenvalue weighted by molar-refractivity contribution is 5.73. The molecule has 6 nitrogen and oxygen atoms in total. The minimum atomic E-state index is -0.279. The first kappa shape index (κ1) is 13.2. The van der Waals surface area contributed by atoms with Gasteiger partial charge in [0.25, 0.3) is 0 Å². The molecule has 0 aliphatic heterocycles. The number of hydrogen-bond donors (Lipinski definition) is 3. The van der Waals surface area contributed by atoms with Crippen molar-refractivity contribution in [2.24, 2.45) is 5.73 Å². The van der Waals surface area contributed by atoms with Crippen molar-refractivity contribution < 1.29 is 4.79 Å². The number of carbonyl (C=O) groups is 1. The lowest BCUT2D eigenvalue weighted by atomic mass is 10.3. The molecule has 1 aromatic heterocycles. The molecule has 94 valence electrons. The van der Waals surface area contributed by atoms with Gasteiger partial charge in [-0.05, 0) is 20.3 Å². The van der Waals surface area contributed by atoms with Crippen LogP contribution in [0.2, 0.25) is 0 Å². The van der Waals surface area contributed by atoms with E-state index in [-0.39, 0.29) is 5.91 Å². The van der Waals surface area contributed by atoms with E-state index in [4.69, 9.17) is 5.73 Å². The van der Waals surface area contributed by atoms with Crippen LogP contribution in [0.25, 0.3) is 0 Å². The Morgan fingerprint density at radius 2 is 2.00 bits per heavy atom. The van der Waals surface area contributed by atoms with Crippen LogP contribution in [0.15, 0.2) is 6.07 Å². The lowest BCUT2D eigenvalue weighted by molar-refractivity contribution is -0.118. The fraction of sp³-hybridized carbons (Fsp3) is 0.545. The van der Waals surface area contributed by atoms with Crippen molar-refractivity contribution in [3.05, 3.63) is 11.9 Å². The molecule has 0 aromatic carbocycles. The summed E-state index contributed by atoms with van der Waals surface area (Å²) in [5.41, 5.74) is 5.06. The molecule has 0 spiro atoms. The van der Waals surface area contributed by atoms with Gasteiger partial charge >= 0.3 is 0 Å². The van der Waals surface area contributed by atoms with Crippen LogP contribution in [-0.4, -0.2) is 29.0 Å². The average Bonchev–Trinajstić information content (AvgIpc) is 2.24. The van der Waals surface area contributed by atoms with E-state index in [1.807, 2.05) is 19.9 Å². The molecule has 0 saturated heterocycles. The maximum atomic E-state index is 10.6. The van der Waals surface area contributed by atoms with Gasteiger partial charge in [0.05, 0.1) is 0 Å². The van der Waals surface area contributed by atoms with Crippen LogP contribution < -0.4 is 16.4 Å². The van der Waals surface area contributed by atoms with E-state index < -0.39 is 0 Å². The maximum absolute atomic E-state index is 10.6. The van der Waals surface area contributed by atoms with Gasteiger partial charge in [0.15, 0.2) is 0 Å². The van der Waals surface area contributed by atoms with E-state index in [0.29, 0.717) is 25.2 Å². The second kappa shape index (κ2) is 6.67. The quantitative estimate of drug-likeness (QED) is 0.612. The Hall–Kier alpha value is -1.85. The van der Waals surface area contributed by atoms with Crippen molar-refractivity contribution in [1.29, 1.82) is 0 Å². The van der Waals surface area contributed by atoms with Gasteiger partial charge in [0, 0.05) is 25.6 Å². The predicted octanol–water partition coefficient (Wildman–Crippen LogP) is 0.894. The van der Waals surface area contributed by atoms with Crippen molar-refractivity contribution in [3.8, 4) is 0 Å². The monoisotopic (exact) mass is 237 g/mol. The Kier molecular flexibility index (Phi) is 5.19. The number of carbonyl (C=O) groups excluding carboxylic acids is 1. The number of nitrogens with two attached hydrogens (primary N) is 1. The van der Waals surface area contributed by atoms with E-state index in [1.54, 1.807) is 0 Å². The van der Waals surface area contributed by atoms with Crippen LogP contribution in [0.5, 0.6) is 0 Å². The summed E-state index contributed by atoms with van der Waals surface area (Å²) in [4.78, 5) is 19.1. The molecule has 0 unspecified atom stereocenters. The number of rotatable bonds is 7. The SMILES string of the molecule is CCNc1cc(NCCCC(N)=O)nc(C)n1. The number of primary amides is 1. The molecule has 1 heterocycles. The van der Waals surface area contributed by atoms with E-state index >= 15 is 0 Å². The third kappa shape index (κ3) is 5.14. The highest BCUT2D eigenvalue weighted by Crippen LogP contribution is 2.10. The van der Waals surface area contributed by atoms with Crippen LogP contribution in [0.3, 0.4) is 0 Å². The van der Waals surface area contributed by atoms with Gasteiger partial charge in [-0.2, -0.15) is 0 Å². The van der Waals surface area contributed by atoms with Crippen LogP contribution in [0.1, 0.15) is 25.6 Å². The zero-order valence-electron chi connectivity index (χ0n) is 10.3. The molecule has 1 amide bonds. The zero-order valence-corrected chi connectivity index (χ0v) is 10.3. The average molecular weight is 237 g/mol. The number of aryl methyl sites for hydroxylation is 1. The van der Waals surface area contributed by atoms with E-state index in [0.717, 1.165) is 18.2 Å². The molecule has 0 saturated carbocycles. The third-order valence-corrected chi connectivity index (χ3v) is 2.10. The van der Waals surface area contributed by atoms with E-state index in [2.05, 4.69) is 20.6 Å². The lowest BCUT2D eigenvalue weighted by Crippen LogP contribution is -2.13. The van der Waals surface area contributed by atoms with Crippen molar-refractivity contribution in [3.63, 3.8) is 0 Å². The number of nitrogens with one attached hydrogen (secondary N) is 2. The molecule has 0 fully saturated rings. The molecular formula is C11H19N5O. The summed E-state index contributed by atoms with van der Waals surface area (Å²) in [6, 6.07) is 1.85. The van der Waals surface area contributed by atoms with Crippen molar-refractivity contribution in [2.75, 3.05) is 23.7 Å². The lowest BCUT2D eigenvalue weighted by Gasteiger charge is -2.08. The first-order valence-corrected chi connectivity index (χ1v) is 5.73. The van der Waals surface area contributed by atoms with Gasteiger partial charge in [-0.3, -0.25) is 4.79 Å². The molecule has 17 heavy (non-hydrogen) atoms. The molecule has 0 aliphatic rings. The standard InChI is InChI=1S/C11H19N5O/c1-3-13-10-7-11(16-8(2)15-10)14-6-4-5-9(12)17/h7H,3-6H2,1-2H3,(H2,12,17)(H2,13,14,15,16). The first-order valence-electron chi connectivity index (χ1n) is 5.73. The third-order valence-electron chi connectivity index (χ3n) is 2.10. The summed E-state index contributed by atoms with van der Waals surface area (Å²) >= 11 is 0. The highest BCUT2D eigenvalue weighted by atomic mass is 16.1. The largest absolute Gasteiger partial charge is 0.370 e. The molecule has 0 bridgehead atoms. The second-order valence-corrected chi connectivity index (χ2v) is 3.71. The van der Waals surface area contributed by atoms with Gasteiger partial charge in [-0.15, -0.1) is 0 Å². The number of hydrogen-bond acceptors (Lipinski definition) is 5. The van der Waals surface area contributed by atoms with Crippen molar-refractivity contribution >= 4 is 17.5 Å². The molecule has 1 rings (SSSR count). The Bertz CT molecular complexity index is 380. The maximum Gasteiger partial charge on any atom is 0.217 e. The minimum Gasteiger partial charge on any atom is -0.370 e. The topological polar surface area (TPSA) is 92.9 Å². The van der Waals surface area contributed by atoms with Gasteiger partial charge in [0.2, 0.25) is 5.91 Å². The van der Waals surface area contributed by atoms with Crippen LogP contribution in [0, 0.1) is 6.92 Å². The summed E-state index contributed by atoms with van der Waals surface area (Å²) in [6.45, 7) is 5.34. The number of amides is 1. The fourth-order valence-electron chi connectivity index (χ4n) is 1.41. The van der Waals surface area contributed by atoms with Crippen molar-refractivity contribution in [2.45, 2.75) is 26.7 Å². The summed E-state index contributed by atoms with van der Waals surface area (Å²) < 4.78 is 0. The molecule has 6 heteroatoms. The molecule has 0 aliphatic carbocycles. The normalized spacial score (nSPS) is 10.0. The number of nitrogens with zero attached hydrogens (tertiary/aromatic N) is 2. The smallest absolute Gasteiger partial charge is 0.217 e. The molecule has 1 aromatic rings. The second-order valence-electron chi connectivity index (χ2n) is 3.71. The summed E-state index contributed by atoms with van der Waals surface area (Å²) in [5, 5.41) is 6.27. The Balaban J connectivity index is 2.49. The number of aromatic nitrogens is 2. The minimum absolute atomic E-state index is 0.279. The Labute approximate surface area is 101 Å². The predicted molar refractivity (Wildman–Crippen MR) is 67.9 cm³/mol. The van der Waals surface area contributed by atoms with Crippen molar-refractivity contribution in [1.82, 2.24) is 9.97 Å². The Morgan fingerprint density at radius 3 is 2.59 bits per heavy atom. The molecular weight excluding hydrogens is 218 g/mol. The highest BCUT2D eigenvalue weighted by Gasteiger charge is 2.01. The van der Waals surface area contributed by atoms with Crippen LogP contribution in [0.4, 0.5) is 11.6 Å². The number of anilines is 2. The molecule has 0 radical (unpaired) electrons. The summed E-state index contributed by atoms with van der Waals surface area (Å²) in [5.74, 6) is 2.00. The van der Waals surface area contributed by atoms with Gasteiger partial charge in [-0.25, -0.2) is 9.97 Å². The zero-order chi connectivity index (χ0) is 12.7. The molecule has 4 N–H and O–H groups in total. The molecule has 0 atom stereocenters.